The molecule has 0 radical (unpaired) electrons. The van der Waals surface area contributed by atoms with Crippen molar-refractivity contribution in [2.45, 2.75) is 17.7 Å². The predicted octanol–water partition coefficient (Wildman–Crippen LogP) is 1.75. The molecule has 0 atom stereocenters. The average molecular weight is 426 g/mol. The van der Waals surface area contributed by atoms with Gasteiger partial charge in [0.05, 0.1) is 10.3 Å². The van der Waals surface area contributed by atoms with Crippen LogP contribution in [-0.2, 0) is 10.0 Å². The molecule has 1 aliphatic rings. The van der Waals surface area contributed by atoms with E-state index in [1.165, 1.54) is 4.31 Å². The lowest BCUT2D eigenvalue weighted by Gasteiger charge is -2.31. The van der Waals surface area contributed by atoms with Gasteiger partial charge in [-0.15, -0.1) is 0 Å². The zero-order valence-electron chi connectivity index (χ0n) is 16.2. The van der Waals surface area contributed by atoms with E-state index in [9.17, 15) is 18.0 Å². The number of aromatic amines is 1. The molecule has 9 heteroatoms. The summed E-state index contributed by atoms with van der Waals surface area (Å²) in [6.07, 6.45) is 1.32. The molecule has 0 spiro atoms. The molecule has 156 valence electrons. The van der Waals surface area contributed by atoms with Crippen LogP contribution in [0.2, 0.25) is 0 Å². The number of nitrogens with zero attached hydrogens (tertiary/aromatic N) is 2. The van der Waals surface area contributed by atoms with Gasteiger partial charge >= 0.3 is 0 Å². The first-order valence-corrected chi connectivity index (χ1v) is 11.2. The lowest BCUT2D eigenvalue weighted by Crippen LogP contribution is -2.41. The predicted molar refractivity (Wildman–Crippen MR) is 113 cm³/mol. The number of amides is 1. The van der Waals surface area contributed by atoms with Crippen molar-refractivity contribution in [3.8, 4) is 0 Å². The van der Waals surface area contributed by atoms with Crippen molar-refractivity contribution in [1.82, 2.24) is 19.8 Å². The molecule has 2 aromatic carbocycles. The number of H-pyrrole nitrogens is 1. The molecule has 3 aromatic rings. The molecule has 30 heavy (non-hydrogen) atoms. The van der Waals surface area contributed by atoms with Crippen molar-refractivity contribution in [3.05, 3.63) is 70.6 Å². The Balaban J connectivity index is 1.37. The largest absolute Gasteiger partial charge is 0.350 e. The third-order valence-electron chi connectivity index (χ3n) is 5.42. The maximum absolute atomic E-state index is 12.7. The van der Waals surface area contributed by atoms with Gasteiger partial charge in [0, 0.05) is 25.0 Å². The van der Waals surface area contributed by atoms with Crippen LogP contribution in [0.15, 0.2) is 64.3 Å². The number of nitrogens with one attached hydrogen (secondary N) is 2. The molecule has 0 saturated carbocycles. The Labute approximate surface area is 174 Å². The van der Waals surface area contributed by atoms with Crippen LogP contribution in [0.1, 0.15) is 23.3 Å². The van der Waals surface area contributed by atoms with Crippen LogP contribution in [0.4, 0.5) is 0 Å². The van der Waals surface area contributed by atoms with E-state index in [2.05, 4.69) is 15.5 Å². The zero-order valence-corrected chi connectivity index (χ0v) is 17.1. The molecule has 2 heterocycles. The van der Waals surface area contributed by atoms with Gasteiger partial charge in [-0.2, -0.15) is 9.40 Å². The number of rotatable bonds is 5. The molecular weight excluding hydrogens is 404 g/mol. The highest BCUT2D eigenvalue weighted by Crippen LogP contribution is 2.23. The number of carbonyl (C=O) groups excluding carboxylic acids is 1. The lowest BCUT2D eigenvalue weighted by atomic mass is 9.98. The number of sulfonamides is 1. The van der Waals surface area contributed by atoms with E-state index in [1.807, 2.05) is 0 Å². The molecule has 0 bridgehead atoms. The Kier molecular flexibility index (Phi) is 5.65. The van der Waals surface area contributed by atoms with Gasteiger partial charge in [0.1, 0.15) is 0 Å². The number of piperidine rings is 1. The Morgan fingerprint density at radius 1 is 1.03 bits per heavy atom. The van der Waals surface area contributed by atoms with Gasteiger partial charge in [0.15, 0.2) is 5.69 Å². The highest BCUT2D eigenvalue weighted by Gasteiger charge is 2.29. The van der Waals surface area contributed by atoms with Crippen LogP contribution in [-0.4, -0.2) is 48.5 Å². The Bertz CT molecular complexity index is 1220. The summed E-state index contributed by atoms with van der Waals surface area (Å²) < 4.78 is 26.9. The zero-order chi connectivity index (χ0) is 21.1. The second-order valence-corrected chi connectivity index (χ2v) is 9.26. The molecule has 8 nitrogen and oxygen atoms in total. The van der Waals surface area contributed by atoms with Gasteiger partial charge in [-0.1, -0.05) is 36.4 Å². The first-order chi connectivity index (χ1) is 14.5. The quantitative estimate of drug-likeness (QED) is 0.646. The van der Waals surface area contributed by atoms with E-state index in [4.69, 9.17) is 0 Å². The molecule has 1 fully saturated rings. The fraction of sp³-hybridized carbons (Fsp3) is 0.286. The molecule has 1 aliphatic heterocycles. The van der Waals surface area contributed by atoms with E-state index >= 15 is 0 Å². The maximum Gasteiger partial charge on any atom is 0.272 e. The molecule has 2 N–H and O–H groups in total. The Morgan fingerprint density at radius 3 is 2.37 bits per heavy atom. The standard InChI is InChI=1S/C21H22N4O4S/c26-20-18-9-5-4-8-17(18)19(23-24-20)21(27)22-14-15-10-12-25(13-11-15)30(28,29)16-6-2-1-3-7-16/h1-9,15H,10-14H2,(H,22,27)(H,24,26). The minimum absolute atomic E-state index is 0.171. The van der Waals surface area contributed by atoms with E-state index in [-0.39, 0.29) is 23.1 Å². The van der Waals surface area contributed by atoms with E-state index in [0.717, 1.165) is 0 Å². The molecule has 1 aromatic heterocycles. The average Bonchev–Trinajstić information content (AvgIpc) is 2.79. The monoisotopic (exact) mass is 426 g/mol. The molecular formula is C21H22N4O4S. The summed E-state index contributed by atoms with van der Waals surface area (Å²) in [5, 5.41) is 10.1. The first-order valence-electron chi connectivity index (χ1n) is 9.77. The molecule has 4 rings (SSSR count). The SMILES string of the molecule is O=C(NCC1CCN(S(=O)(=O)c2ccccc2)CC1)c1n[nH]c(=O)c2ccccc12. The first kappa shape index (κ1) is 20.2. The minimum atomic E-state index is -3.49. The normalized spacial score (nSPS) is 15.9. The van der Waals surface area contributed by atoms with Crippen molar-refractivity contribution >= 4 is 26.7 Å². The van der Waals surface area contributed by atoms with Crippen LogP contribution in [0, 0.1) is 5.92 Å². The number of hydrogen-bond acceptors (Lipinski definition) is 5. The Morgan fingerprint density at radius 2 is 1.67 bits per heavy atom. The van der Waals surface area contributed by atoms with Crippen LogP contribution in [0.5, 0.6) is 0 Å². The smallest absolute Gasteiger partial charge is 0.272 e. The van der Waals surface area contributed by atoms with E-state index in [0.29, 0.717) is 48.1 Å². The van der Waals surface area contributed by atoms with Gasteiger partial charge in [-0.05, 0) is 37.0 Å². The van der Waals surface area contributed by atoms with Crippen LogP contribution in [0.25, 0.3) is 10.8 Å². The Hall–Kier alpha value is -3.04. The second-order valence-electron chi connectivity index (χ2n) is 7.32. The number of benzene rings is 2. The van der Waals surface area contributed by atoms with Crippen molar-refractivity contribution in [2.75, 3.05) is 19.6 Å². The van der Waals surface area contributed by atoms with Gasteiger partial charge in [0.2, 0.25) is 10.0 Å². The minimum Gasteiger partial charge on any atom is -0.350 e. The van der Waals surface area contributed by atoms with Crippen LogP contribution in [0.3, 0.4) is 0 Å². The third kappa shape index (κ3) is 3.99. The summed E-state index contributed by atoms with van der Waals surface area (Å²) >= 11 is 0. The van der Waals surface area contributed by atoms with E-state index in [1.54, 1.807) is 54.6 Å². The molecule has 0 unspecified atom stereocenters. The van der Waals surface area contributed by atoms with Crippen LogP contribution >= 0.6 is 0 Å². The van der Waals surface area contributed by atoms with Gasteiger partial charge in [-0.25, -0.2) is 13.5 Å². The summed E-state index contributed by atoms with van der Waals surface area (Å²) in [6, 6.07) is 15.2. The topological polar surface area (TPSA) is 112 Å². The van der Waals surface area contributed by atoms with Crippen molar-refractivity contribution < 1.29 is 13.2 Å². The van der Waals surface area contributed by atoms with Crippen molar-refractivity contribution in [2.24, 2.45) is 5.92 Å². The summed E-state index contributed by atoms with van der Waals surface area (Å²) in [6.45, 7) is 1.25. The molecule has 1 amide bonds. The molecule has 0 aliphatic carbocycles. The number of carbonyl (C=O) groups is 1. The third-order valence-corrected chi connectivity index (χ3v) is 7.33. The molecule has 1 saturated heterocycles. The van der Waals surface area contributed by atoms with Gasteiger partial charge < -0.3 is 5.32 Å². The fourth-order valence-corrected chi connectivity index (χ4v) is 5.19. The number of fused-ring (bicyclic) bond motifs is 1. The van der Waals surface area contributed by atoms with Crippen molar-refractivity contribution in [1.29, 1.82) is 0 Å². The van der Waals surface area contributed by atoms with E-state index < -0.39 is 10.0 Å². The van der Waals surface area contributed by atoms with Gasteiger partial charge in [-0.3, -0.25) is 9.59 Å². The lowest BCUT2D eigenvalue weighted by molar-refractivity contribution is 0.0937. The number of aromatic nitrogens is 2. The second kappa shape index (κ2) is 8.37. The summed E-state index contributed by atoms with van der Waals surface area (Å²) in [4.78, 5) is 24.8. The van der Waals surface area contributed by atoms with Gasteiger partial charge in [0.25, 0.3) is 11.5 Å². The summed E-state index contributed by atoms with van der Waals surface area (Å²) in [5.74, 6) is -0.188. The summed E-state index contributed by atoms with van der Waals surface area (Å²) in [7, 11) is -3.49. The highest BCUT2D eigenvalue weighted by atomic mass is 32.2. The fourth-order valence-electron chi connectivity index (χ4n) is 3.70. The maximum atomic E-state index is 12.7. The highest BCUT2D eigenvalue weighted by molar-refractivity contribution is 7.89. The summed E-state index contributed by atoms with van der Waals surface area (Å²) in [5.41, 5.74) is -0.163. The number of hydrogen-bond donors (Lipinski definition) is 2. The van der Waals surface area contributed by atoms with Crippen LogP contribution < -0.4 is 10.9 Å². The van der Waals surface area contributed by atoms with Crippen molar-refractivity contribution in [3.63, 3.8) is 0 Å².